The Bertz CT molecular complexity index is 559. The number of hydrogen-bond donors (Lipinski definition) is 1. The minimum Gasteiger partial charge on any atom is -0.383 e. The molecule has 0 bridgehead atoms. The van der Waals surface area contributed by atoms with Crippen molar-refractivity contribution in [1.29, 1.82) is 0 Å². The van der Waals surface area contributed by atoms with E-state index in [0.717, 1.165) is 18.7 Å². The van der Waals surface area contributed by atoms with Crippen LogP contribution in [-0.4, -0.2) is 30.0 Å². The van der Waals surface area contributed by atoms with Gasteiger partial charge in [-0.1, -0.05) is 23.7 Å². The highest BCUT2D eigenvalue weighted by Crippen LogP contribution is 2.20. The lowest BCUT2D eigenvalue weighted by molar-refractivity contribution is 0.199. The fourth-order valence-corrected chi connectivity index (χ4v) is 2.02. The highest BCUT2D eigenvalue weighted by Gasteiger charge is 2.07. The molecule has 1 heterocycles. The third kappa shape index (κ3) is 4.03. The average Bonchev–Trinajstić information content (AvgIpc) is 2.88. The smallest absolute Gasteiger partial charge is 0.142 e. The number of hydrogen-bond acceptors (Lipinski definition) is 3. The second-order valence-corrected chi connectivity index (χ2v) is 4.81. The molecule has 20 heavy (non-hydrogen) atoms. The van der Waals surface area contributed by atoms with Crippen LogP contribution in [0.3, 0.4) is 0 Å². The lowest BCUT2D eigenvalue weighted by atomic mass is 10.2. The molecule has 1 aromatic carbocycles. The molecule has 1 aromatic heterocycles. The second-order valence-electron chi connectivity index (χ2n) is 4.43. The quantitative estimate of drug-likeness (QED) is 0.798. The van der Waals surface area contributed by atoms with E-state index in [4.69, 9.17) is 16.3 Å². The molecule has 0 spiro atoms. The Hall–Kier alpha value is -1.43. The van der Waals surface area contributed by atoms with E-state index < -0.39 is 5.82 Å². The van der Waals surface area contributed by atoms with Crippen molar-refractivity contribution in [2.75, 3.05) is 20.3 Å². The first-order chi connectivity index (χ1) is 9.70. The second kappa shape index (κ2) is 7.38. The Kier molecular flexibility index (Phi) is 5.52. The molecule has 0 saturated carbocycles. The molecule has 0 aliphatic rings. The molecule has 0 aliphatic heterocycles. The summed E-state index contributed by atoms with van der Waals surface area (Å²) in [6.45, 7) is 2.64. The minimum absolute atomic E-state index is 0.155. The summed E-state index contributed by atoms with van der Waals surface area (Å²) < 4.78 is 20.0. The van der Waals surface area contributed by atoms with E-state index in [0.29, 0.717) is 18.7 Å². The SMILES string of the molecule is COCCNCc1cnn(Cc2cccc(F)c2Cl)c1. The van der Waals surface area contributed by atoms with E-state index in [1.807, 2.05) is 6.20 Å². The van der Waals surface area contributed by atoms with Crippen molar-refractivity contribution in [3.8, 4) is 0 Å². The largest absolute Gasteiger partial charge is 0.383 e. The molecule has 2 rings (SSSR count). The van der Waals surface area contributed by atoms with Crippen LogP contribution in [0.2, 0.25) is 5.02 Å². The van der Waals surface area contributed by atoms with Crippen LogP contribution in [0.25, 0.3) is 0 Å². The summed E-state index contributed by atoms with van der Waals surface area (Å²) in [5.41, 5.74) is 1.78. The molecule has 0 atom stereocenters. The molecule has 1 N–H and O–H groups in total. The number of benzene rings is 1. The average molecular weight is 298 g/mol. The number of halogens is 2. The van der Waals surface area contributed by atoms with Crippen LogP contribution in [0.1, 0.15) is 11.1 Å². The Morgan fingerprint density at radius 3 is 3.10 bits per heavy atom. The van der Waals surface area contributed by atoms with Crippen molar-refractivity contribution in [2.45, 2.75) is 13.1 Å². The van der Waals surface area contributed by atoms with Crippen LogP contribution in [0.15, 0.2) is 30.6 Å². The molecule has 6 heteroatoms. The van der Waals surface area contributed by atoms with Crippen molar-refractivity contribution in [2.24, 2.45) is 0 Å². The van der Waals surface area contributed by atoms with E-state index in [-0.39, 0.29) is 5.02 Å². The summed E-state index contributed by atoms with van der Waals surface area (Å²) >= 11 is 5.93. The predicted molar refractivity (Wildman–Crippen MR) is 76.3 cm³/mol. The molecule has 0 saturated heterocycles. The Morgan fingerprint density at radius 2 is 2.30 bits per heavy atom. The van der Waals surface area contributed by atoms with Crippen molar-refractivity contribution in [3.63, 3.8) is 0 Å². The number of methoxy groups -OCH3 is 1. The number of aromatic nitrogens is 2. The highest BCUT2D eigenvalue weighted by atomic mass is 35.5. The summed E-state index contributed by atoms with van der Waals surface area (Å²) in [6, 6.07) is 4.79. The maximum atomic E-state index is 13.3. The Morgan fingerprint density at radius 1 is 1.45 bits per heavy atom. The summed E-state index contributed by atoms with van der Waals surface area (Å²) in [7, 11) is 1.67. The number of nitrogens with one attached hydrogen (secondary N) is 1. The zero-order chi connectivity index (χ0) is 14.4. The van der Waals surface area contributed by atoms with Gasteiger partial charge in [0.25, 0.3) is 0 Å². The molecular formula is C14H17ClFN3O. The first-order valence-electron chi connectivity index (χ1n) is 6.34. The number of ether oxygens (including phenoxy) is 1. The van der Waals surface area contributed by atoms with Crippen LogP contribution in [-0.2, 0) is 17.8 Å². The highest BCUT2D eigenvalue weighted by molar-refractivity contribution is 6.31. The fourth-order valence-electron chi connectivity index (χ4n) is 1.84. The van der Waals surface area contributed by atoms with Gasteiger partial charge in [0.15, 0.2) is 0 Å². The van der Waals surface area contributed by atoms with Crippen LogP contribution in [0.5, 0.6) is 0 Å². The van der Waals surface area contributed by atoms with E-state index in [2.05, 4.69) is 10.4 Å². The molecule has 2 aromatic rings. The molecular weight excluding hydrogens is 281 g/mol. The van der Waals surface area contributed by atoms with Crippen molar-refractivity contribution in [1.82, 2.24) is 15.1 Å². The van der Waals surface area contributed by atoms with E-state index in [1.165, 1.54) is 6.07 Å². The zero-order valence-corrected chi connectivity index (χ0v) is 12.0. The van der Waals surface area contributed by atoms with E-state index >= 15 is 0 Å². The van der Waals surface area contributed by atoms with Gasteiger partial charge in [-0.15, -0.1) is 0 Å². The van der Waals surface area contributed by atoms with Gasteiger partial charge >= 0.3 is 0 Å². The van der Waals surface area contributed by atoms with Gasteiger partial charge in [-0.3, -0.25) is 4.68 Å². The molecule has 4 nitrogen and oxygen atoms in total. The first-order valence-corrected chi connectivity index (χ1v) is 6.72. The number of nitrogens with zero attached hydrogens (tertiary/aromatic N) is 2. The maximum absolute atomic E-state index is 13.3. The first kappa shape index (κ1) is 15.0. The van der Waals surface area contributed by atoms with Crippen molar-refractivity contribution in [3.05, 3.63) is 52.6 Å². The number of rotatable bonds is 7. The zero-order valence-electron chi connectivity index (χ0n) is 11.3. The molecule has 0 unspecified atom stereocenters. The van der Waals surface area contributed by atoms with Crippen molar-refractivity contribution < 1.29 is 9.13 Å². The molecule has 108 valence electrons. The Balaban J connectivity index is 1.94. The summed E-state index contributed by atoms with van der Waals surface area (Å²) in [5.74, 6) is -0.405. The normalized spacial score (nSPS) is 10.9. The van der Waals surface area contributed by atoms with E-state index in [1.54, 1.807) is 30.1 Å². The van der Waals surface area contributed by atoms with Crippen LogP contribution < -0.4 is 5.32 Å². The van der Waals surface area contributed by atoms with Gasteiger partial charge in [-0.25, -0.2) is 4.39 Å². The lowest BCUT2D eigenvalue weighted by Crippen LogP contribution is -2.18. The van der Waals surface area contributed by atoms with Crippen LogP contribution in [0, 0.1) is 5.82 Å². The maximum Gasteiger partial charge on any atom is 0.142 e. The van der Waals surface area contributed by atoms with Gasteiger partial charge in [0, 0.05) is 32.0 Å². The van der Waals surface area contributed by atoms with Gasteiger partial charge in [-0.05, 0) is 11.6 Å². The molecule has 0 aliphatic carbocycles. The van der Waals surface area contributed by atoms with Gasteiger partial charge in [-0.2, -0.15) is 5.10 Å². The summed E-state index contributed by atoms with van der Waals surface area (Å²) in [4.78, 5) is 0. The monoisotopic (exact) mass is 297 g/mol. The van der Waals surface area contributed by atoms with Crippen molar-refractivity contribution >= 4 is 11.6 Å². The van der Waals surface area contributed by atoms with Gasteiger partial charge in [0.05, 0.1) is 24.4 Å². The third-order valence-electron chi connectivity index (χ3n) is 2.86. The van der Waals surface area contributed by atoms with E-state index in [9.17, 15) is 4.39 Å². The summed E-state index contributed by atoms with van der Waals surface area (Å²) in [6.07, 6.45) is 3.70. The predicted octanol–water partition coefficient (Wildman–Crippen LogP) is 2.46. The van der Waals surface area contributed by atoms with Gasteiger partial charge in [0.1, 0.15) is 5.82 Å². The minimum atomic E-state index is -0.405. The Labute approximate surface area is 122 Å². The standard InChI is InChI=1S/C14H17ClFN3O/c1-20-6-5-17-7-11-8-18-19(9-11)10-12-3-2-4-13(16)14(12)15/h2-4,8-9,17H,5-7,10H2,1H3. The van der Waals surface area contributed by atoms with Crippen LogP contribution in [0.4, 0.5) is 4.39 Å². The lowest BCUT2D eigenvalue weighted by Gasteiger charge is -2.05. The molecule has 0 radical (unpaired) electrons. The molecule has 0 amide bonds. The fraction of sp³-hybridized carbons (Fsp3) is 0.357. The summed E-state index contributed by atoms with van der Waals surface area (Å²) in [5, 5.41) is 7.64. The molecule has 0 fully saturated rings. The topological polar surface area (TPSA) is 39.1 Å². The van der Waals surface area contributed by atoms with Gasteiger partial charge < -0.3 is 10.1 Å². The third-order valence-corrected chi connectivity index (χ3v) is 3.29. The van der Waals surface area contributed by atoms with Crippen LogP contribution >= 0.6 is 11.6 Å². The van der Waals surface area contributed by atoms with Gasteiger partial charge in [0.2, 0.25) is 0 Å².